The Bertz CT molecular complexity index is 581. The van der Waals surface area contributed by atoms with Crippen molar-refractivity contribution < 1.29 is 14.3 Å². The van der Waals surface area contributed by atoms with Gasteiger partial charge >= 0.3 is 12.1 Å². The number of aromatic nitrogens is 2. The van der Waals surface area contributed by atoms with E-state index in [4.69, 9.17) is 9.47 Å². The lowest BCUT2D eigenvalue weighted by molar-refractivity contribution is 0.0240. The number of piperazine rings is 1. The fourth-order valence-corrected chi connectivity index (χ4v) is 2.83. The molecule has 1 saturated heterocycles. The van der Waals surface area contributed by atoms with Gasteiger partial charge in [0.1, 0.15) is 11.4 Å². The largest absolute Gasteiger partial charge is 0.467 e. The smallest absolute Gasteiger partial charge is 0.410 e. The Morgan fingerprint density at radius 2 is 1.78 bits per heavy atom. The molecule has 1 aliphatic rings. The van der Waals surface area contributed by atoms with Gasteiger partial charge < -0.3 is 19.3 Å². The molecule has 0 N–H and O–H groups in total. The molecule has 1 aromatic rings. The topological polar surface area (TPSA) is 67.8 Å². The second-order valence-electron chi connectivity index (χ2n) is 6.39. The molecular formula is C15H23IN4O3. The summed E-state index contributed by atoms with van der Waals surface area (Å²) in [6.45, 7) is 10.2. The van der Waals surface area contributed by atoms with Crippen molar-refractivity contribution in [2.24, 2.45) is 0 Å². The summed E-state index contributed by atoms with van der Waals surface area (Å²) in [5.74, 6) is 0.860. The molecule has 0 unspecified atom stereocenters. The van der Waals surface area contributed by atoms with E-state index in [9.17, 15) is 4.79 Å². The Balaban J connectivity index is 2.05. The van der Waals surface area contributed by atoms with E-state index in [0.29, 0.717) is 32.2 Å². The second kappa shape index (κ2) is 7.06. The highest BCUT2D eigenvalue weighted by Crippen LogP contribution is 2.26. The molecule has 0 radical (unpaired) electrons. The summed E-state index contributed by atoms with van der Waals surface area (Å²) in [6, 6.07) is 0.368. The first-order valence-electron chi connectivity index (χ1n) is 7.52. The zero-order valence-corrected chi connectivity index (χ0v) is 16.4. The number of anilines is 1. The van der Waals surface area contributed by atoms with E-state index in [1.54, 1.807) is 12.0 Å². The molecule has 1 amide bonds. The lowest BCUT2D eigenvalue weighted by atomic mass is 10.2. The van der Waals surface area contributed by atoms with Crippen molar-refractivity contribution in [2.45, 2.75) is 33.3 Å². The number of ether oxygens (including phenoxy) is 2. The lowest BCUT2D eigenvalue weighted by Gasteiger charge is -2.36. The molecule has 0 aromatic carbocycles. The second-order valence-corrected chi connectivity index (χ2v) is 7.47. The van der Waals surface area contributed by atoms with Gasteiger partial charge in [0.05, 0.1) is 16.4 Å². The van der Waals surface area contributed by atoms with Crippen molar-refractivity contribution in [3.8, 4) is 6.01 Å². The van der Waals surface area contributed by atoms with Gasteiger partial charge in [-0.2, -0.15) is 9.97 Å². The molecule has 2 heterocycles. The Morgan fingerprint density at radius 3 is 2.30 bits per heavy atom. The average molecular weight is 434 g/mol. The van der Waals surface area contributed by atoms with Gasteiger partial charge in [0.25, 0.3) is 0 Å². The van der Waals surface area contributed by atoms with E-state index >= 15 is 0 Å². The van der Waals surface area contributed by atoms with Crippen LogP contribution in [0.3, 0.4) is 0 Å². The van der Waals surface area contributed by atoms with Crippen LogP contribution in [0.1, 0.15) is 26.5 Å². The Kier molecular flexibility index (Phi) is 5.53. The van der Waals surface area contributed by atoms with Crippen molar-refractivity contribution in [2.75, 3.05) is 38.2 Å². The quantitative estimate of drug-likeness (QED) is 0.667. The molecule has 128 valence electrons. The predicted octanol–water partition coefficient (Wildman–Crippen LogP) is 2.46. The molecule has 1 fully saturated rings. The van der Waals surface area contributed by atoms with Gasteiger partial charge in [-0.1, -0.05) is 0 Å². The highest BCUT2D eigenvalue weighted by atomic mass is 127. The van der Waals surface area contributed by atoms with Crippen molar-refractivity contribution in [3.63, 3.8) is 0 Å². The average Bonchev–Trinajstić information content (AvgIpc) is 2.48. The first-order valence-corrected chi connectivity index (χ1v) is 8.60. The van der Waals surface area contributed by atoms with E-state index < -0.39 is 5.60 Å². The first-order chi connectivity index (χ1) is 10.7. The molecule has 23 heavy (non-hydrogen) atoms. The standard InChI is InChI=1S/C15H23IN4O3/c1-10-11(16)12(18-13(17-10)22-5)19-6-8-20(9-7-19)14(21)23-15(2,3)4/h6-9H2,1-5H3. The number of amides is 1. The van der Waals surface area contributed by atoms with Gasteiger partial charge in [-0.15, -0.1) is 0 Å². The van der Waals surface area contributed by atoms with Crippen LogP contribution in [0.5, 0.6) is 6.01 Å². The summed E-state index contributed by atoms with van der Waals surface area (Å²) in [5.41, 5.74) is 0.419. The molecule has 7 nitrogen and oxygen atoms in total. The van der Waals surface area contributed by atoms with E-state index in [1.807, 2.05) is 27.7 Å². The number of hydrogen-bond donors (Lipinski definition) is 0. The molecule has 0 spiro atoms. The van der Waals surface area contributed by atoms with Gasteiger partial charge in [0.15, 0.2) is 0 Å². The number of methoxy groups -OCH3 is 1. The maximum absolute atomic E-state index is 12.1. The Labute approximate surface area is 150 Å². The number of nitrogens with zero attached hydrogens (tertiary/aromatic N) is 4. The maximum Gasteiger partial charge on any atom is 0.410 e. The van der Waals surface area contributed by atoms with Crippen LogP contribution in [0.25, 0.3) is 0 Å². The predicted molar refractivity (Wildman–Crippen MR) is 96.1 cm³/mol. The number of halogens is 1. The summed E-state index contributed by atoms with van der Waals surface area (Å²) in [6.07, 6.45) is -0.261. The molecule has 2 rings (SSSR count). The summed E-state index contributed by atoms with van der Waals surface area (Å²) in [5, 5.41) is 0. The summed E-state index contributed by atoms with van der Waals surface area (Å²) in [4.78, 5) is 24.7. The van der Waals surface area contributed by atoms with Crippen LogP contribution in [0, 0.1) is 10.5 Å². The van der Waals surface area contributed by atoms with Crippen LogP contribution in [0.15, 0.2) is 0 Å². The minimum atomic E-state index is -0.471. The number of aryl methyl sites for hydroxylation is 1. The molecule has 1 aliphatic heterocycles. The number of hydrogen-bond acceptors (Lipinski definition) is 6. The third-order valence-electron chi connectivity index (χ3n) is 3.39. The highest BCUT2D eigenvalue weighted by molar-refractivity contribution is 14.1. The number of carbonyl (C=O) groups excluding carboxylic acids is 1. The van der Waals surface area contributed by atoms with Gasteiger partial charge in [-0.3, -0.25) is 0 Å². The molecule has 0 aliphatic carbocycles. The molecule has 1 aromatic heterocycles. The van der Waals surface area contributed by atoms with Gasteiger partial charge in [-0.25, -0.2) is 4.79 Å². The SMILES string of the molecule is COc1nc(C)c(I)c(N2CCN(C(=O)OC(C)(C)C)CC2)n1. The fourth-order valence-electron chi connectivity index (χ4n) is 2.25. The normalized spacial score (nSPS) is 15.6. The van der Waals surface area contributed by atoms with Crippen molar-refractivity contribution in [3.05, 3.63) is 9.26 Å². The zero-order chi connectivity index (χ0) is 17.2. The van der Waals surface area contributed by atoms with Gasteiger partial charge in [-0.05, 0) is 50.3 Å². The van der Waals surface area contributed by atoms with Crippen LogP contribution < -0.4 is 9.64 Å². The Hall–Kier alpha value is -1.32. The number of rotatable bonds is 2. The van der Waals surface area contributed by atoms with E-state index in [-0.39, 0.29) is 6.09 Å². The van der Waals surface area contributed by atoms with Crippen LogP contribution in [-0.4, -0.2) is 59.9 Å². The van der Waals surface area contributed by atoms with Crippen LogP contribution in [-0.2, 0) is 4.74 Å². The molecule has 0 atom stereocenters. The summed E-state index contributed by atoms with van der Waals surface area (Å²) < 4.78 is 11.6. The van der Waals surface area contributed by atoms with Crippen LogP contribution in [0.4, 0.5) is 10.6 Å². The van der Waals surface area contributed by atoms with Gasteiger partial charge in [0.2, 0.25) is 0 Å². The monoisotopic (exact) mass is 434 g/mol. The summed E-state index contributed by atoms with van der Waals surface area (Å²) in [7, 11) is 1.56. The third kappa shape index (κ3) is 4.58. The van der Waals surface area contributed by atoms with E-state index in [1.165, 1.54) is 0 Å². The minimum Gasteiger partial charge on any atom is -0.467 e. The van der Waals surface area contributed by atoms with Gasteiger partial charge in [0, 0.05) is 26.2 Å². The lowest BCUT2D eigenvalue weighted by Crippen LogP contribution is -2.50. The van der Waals surface area contributed by atoms with Crippen LogP contribution >= 0.6 is 22.6 Å². The molecular weight excluding hydrogens is 411 g/mol. The first kappa shape index (κ1) is 18.0. The zero-order valence-electron chi connectivity index (χ0n) is 14.2. The highest BCUT2D eigenvalue weighted by Gasteiger charge is 2.27. The fraction of sp³-hybridized carbons (Fsp3) is 0.667. The van der Waals surface area contributed by atoms with Crippen molar-refractivity contribution in [1.29, 1.82) is 0 Å². The third-order valence-corrected chi connectivity index (χ3v) is 4.66. The van der Waals surface area contributed by atoms with E-state index in [0.717, 1.165) is 15.1 Å². The van der Waals surface area contributed by atoms with Crippen LogP contribution in [0.2, 0.25) is 0 Å². The minimum absolute atomic E-state index is 0.261. The Morgan fingerprint density at radius 1 is 1.17 bits per heavy atom. The van der Waals surface area contributed by atoms with E-state index in [2.05, 4.69) is 37.5 Å². The molecule has 0 saturated carbocycles. The van der Waals surface area contributed by atoms with Crippen molar-refractivity contribution >= 4 is 34.5 Å². The molecule has 8 heteroatoms. The van der Waals surface area contributed by atoms with Crippen molar-refractivity contribution in [1.82, 2.24) is 14.9 Å². The summed E-state index contributed by atoms with van der Waals surface area (Å²) >= 11 is 2.25. The number of carbonyl (C=O) groups is 1. The molecule has 0 bridgehead atoms. The maximum atomic E-state index is 12.1.